The fourth-order valence-corrected chi connectivity index (χ4v) is 4.82. The summed E-state index contributed by atoms with van der Waals surface area (Å²) in [5.74, 6) is 0.584. The van der Waals surface area contributed by atoms with Crippen LogP contribution in [-0.4, -0.2) is 22.6 Å². The number of aromatic nitrogens is 1. The summed E-state index contributed by atoms with van der Waals surface area (Å²) in [4.78, 5) is 16.3. The summed E-state index contributed by atoms with van der Waals surface area (Å²) in [5.41, 5.74) is 13.3. The molecule has 0 bridgehead atoms. The molecule has 1 aliphatic carbocycles. The SMILES string of the molecule is N#Cc1cccnc1Sc1ccccc1N1C(N)=NC(N)=NC12CCCCC2. The van der Waals surface area contributed by atoms with Crippen LogP contribution in [-0.2, 0) is 0 Å². The minimum atomic E-state index is -0.507. The molecule has 4 N–H and O–H groups in total. The van der Waals surface area contributed by atoms with Crippen LogP contribution in [0.4, 0.5) is 5.69 Å². The lowest BCUT2D eigenvalue weighted by molar-refractivity contribution is 0.305. The van der Waals surface area contributed by atoms with Crippen molar-refractivity contribution >= 4 is 29.4 Å². The van der Waals surface area contributed by atoms with Gasteiger partial charge in [0, 0.05) is 11.1 Å². The van der Waals surface area contributed by atoms with E-state index in [4.69, 9.17) is 16.5 Å². The van der Waals surface area contributed by atoms with Gasteiger partial charge in [-0.3, -0.25) is 4.90 Å². The number of nitrogens with zero attached hydrogens (tertiary/aromatic N) is 5. The summed E-state index contributed by atoms with van der Waals surface area (Å²) >= 11 is 1.44. The van der Waals surface area contributed by atoms with Crippen LogP contribution in [0.25, 0.3) is 0 Å². The molecule has 1 aromatic heterocycles. The first kappa shape index (κ1) is 18.3. The summed E-state index contributed by atoms with van der Waals surface area (Å²) in [6, 6.07) is 13.7. The van der Waals surface area contributed by atoms with E-state index < -0.39 is 5.66 Å². The molecule has 1 aromatic carbocycles. The molecule has 0 amide bonds. The zero-order chi connectivity index (χ0) is 19.6. The Morgan fingerprint density at radius 1 is 1.07 bits per heavy atom. The van der Waals surface area contributed by atoms with Crippen LogP contribution in [0.5, 0.6) is 0 Å². The van der Waals surface area contributed by atoms with Crippen molar-refractivity contribution in [2.24, 2.45) is 21.5 Å². The number of anilines is 1. The van der Waals surface area contributed by atoms with Crippen molar-refractivity contribution in [2.45, 2.75) is 47.7 Å². The molecule has 0 saturated heterocycles. The van der Waals surface area contributed by atoms with Gasteiger partial charge >= 0.3 is 0 Å². The van der Waals surface area contributed by atoms with Crippen molar-refractivity contribution in [1.29, 1.82) is 5.26 Å². The van der Waals surface area contributed by atoms with Gasteiger partial charge in [-0.2, -0.15) is 10.3 Å². The van der Waals surface area contributed by atoms with Crippen molar-refractivity contribution in [3.8, 4) is 6.07 Å². The number of hydrogen-bond donors (Lipinski definition) is 2. The molecule has 4 rings (SSSR count). The molecule has 1 aliphatic heterocycles. The molecular formula is C20H21N7S. The number of aliphatic imine (C=N–C) groups is 2. The summed E-state index contributed by atoms with van der Waals surface area (Å²) < 4.78 is 0. The standard InChI is InChI=1S/C20H21N7S/c21-13-14-7-6-12-24-17(14)28-16-9-3-2-8-15(16)27-19(23)25-18(22)26-20(27)10-4-1-5-11-20/h2-3,6-9,12H,1,4-5,10-11H2,(H4,22,23,25,26). The van der Waals surface area contributed by atoms with Gasteiger partial charge in [-0.25, -0.2) is 9.98 Å². The number of para-hydroxylation sites is 1. The second-order valence-electron chi connectivity index (χ2n) is 6.86. The first-order valence-corrected chi connectivity index (χ1v) is 10.1. The molecule has 0 unspecified atom stereocenters. The maximum atomic E-state index is 9.40. The molecular weight excluding hydrogens is 370 g/mol. The van der Waals surface area contributed by atoms with Gasteiger partial charge in [-0.05, 0) is 49.9 Å². The Balaban J connectivity index is 1.79. The molecule has 0 radical (unpaired) electrons. The van der Waals surface area contributed by atoms with E-state index in [1.807, 2.05) is 29.2 Å². The van der Waals surface area contributed by atoms with Gasteiger partial charge in [0.2, 0.25) is 11.9 Å². The van der Waals surface area contributed by atoms with Crippen LogP contribution in [0.3, 0.4) is 0 Å². The van der Waals surface area contributed by atoms with E-state index in [1.165, 1.54) is 18.2 Å². The van der Waals surface area contributed by atoms with E-state index in [0.717, 1.165) is 36.3 Å². The van der Waals surface area contributed by atoms with Crippen LogP contribution in [0, 0.1) is 11.3 Å². The summed E-state index contributed by atoms with van der Waals surface area (Å²) in [5, 5.41) is 10.1. The number of hydrogen-bond acceptors (Lipinski definition) is 8. The second kappa shape index (κ2) is 7.52. The third kappa shape index (κ3) is 3.29. The molecule has 142 valence electrons. The van der Waals surface area contributed by atoms with E-state index in [9.17, 15) is 5.26 Å². The predicted molar refractivity (Wildman–Crippen MR) is 111 cm³/mol. The van der Waals surface area contributed by atoms with E-state index in [2.05, 4.69) is 16.0 Å². The van der Waals surface area contributed by atoms with E-state index in [1.54, 1.807) is 18.3 Å². The molecule has 28 heavy (non-hydrogen) atoms. The van der Waals surface area contributed by atoms with Gasteiger partial charge in [0.05, 0.1) is 11.3 Å². The zero-order valence-corrected chi connectivity index (χ0v) is 16.2. The number of pyridine rings is 1. The Morgan fingerprint density at radius 3 is 2.64 bits per heavy atom. The van der Waals surface area contributed by atoms with Crippen LogP contribution in [0.1, 0.15) is 37.7 Å². The van der Waals surface area contributed by atoms with Gasteiger partial charge in [0.25, 0.3) is 0 Å². The highest BCUT2D eigenvalue weighted by Crippen LogP contribution is 2.43. The topological polar surface area (TPSA) is 117 Å². The molecule has 7 nitrogen and oxygen atoms in total. The fourth-order valence-electron chi connectivity index (χ4n) is 3.86. The lowest BCUT2D eigenvalue weighted by Crippen LogP contribution is -2.58. The summed E-state index contributed by atoms with van der Waals surface area (Å²) in [6.45, 7) is 0. The second-order valence-corrected chi connectivity index (χ2v) is 7.89. The third-order valence-corrected chi connectivity index (χ3v) is 6.14. The number of nitrogens with two attached hydrogens (primary N) is 2. The number of guanidine groups is 2. The van der Waals surface area contributed by atoms with Gasteiger partial charge in [-0.15, -0.1) is 0 Å². The molecule has 0 atom stereocenters. The first-order chi connectivity index (χ1) is 13.6. The zero-order valence-electron chi connectivity index (χ0n) is 15.4. The average molecular weight is 392 g/mol. The summed E-state index contributed by atoms with van der Waals surface area (Å²) in [7, 11) is 0. The lowest BCUT2D eigenvalue weighted by Gasteiger charge is -2.46. The van der Waals surface area contributed by atoms with Crippen molar-refractivity contribution in [3.63, 3.8) is 0 Å². The molecule has 1 spiro atoms. The monoisotopic (exact) mass is 391 g/mol. The predicted octanol–water partition coefficient (Wildman–Crippen LogP) is 3.21. The normalized spacial score (nSPS) is 18.3. The number of nitriles is 1. The highest BCUT2D eigenvalue weighted by Gasteiger charge is 2.43. The van der Waals surface area contributed by atoms with Gasteiger partial charge in [-0.1, -0.05) is 30.3 Å². The minimum absolute atomic E-state index is 0.234. The van der Waals surface area contributed by atoms with E-state index in [0.29, 0.717) is 16.5 Å². The molecule has 8 heteroatoms. The molecule has 2 aromatic rings. The maximum Gasteiger partial charge on any atom is 0.220 e. The maximum absolute atomic E-state index is 9.40. The largest absolute Gasteiger partial charge is 0.369 e. The van der Waals surface area contributed by atoms with Crippen molar-refractivity contribution in [3.05, 3.63) is 48.2 Å². The van der Waals surface area contributed by atoms with Crippen LogP contribution in [0.15, 0.2) is 62.5 Å². The van der Waals surface area contributed by atoms with Crippen LogP contribution in [0.2, 0.25) is 0 Å². The Bertz CT molecular complexity index is 986. The Labute approximate surface area is 168 Å². The lowest BCUT2D eigenvalue weighted by atomic mass is 9.87. The van der Waals surface area contributed by atoms with Gasteiger partial charge < -0.3 is 11.5 Å². The van der Waals surface area contributed by atoms with Crippen LogP contribution >= 0.6 is 11.8 Å². The molecule has 2 aliphatic rings. The Hall–Kier alpha value is -3.05. The fraction of sp³-hybridized carbons (Fsp3) is 0.300. The quantitative estimate of drug-likeness (QED) is 0.830. The third-order valence-electron chi connectivity index (χ3n) is 5.06. The van der Waals surface area contributed by atoms with Crippen molar-refractivity contribution < 1.29 is 0 Å². The van der Waals surface area contributed by atoms with Crippen molar-refractivity contribution in [2.75, 3.05) is 4.90 Å². The highest BCUT2D eigenvalue weighted by atomic mass is 32.2. The average Bonchev–Trinajstić information content (AvgIpc) is 2.69. The van der Waals surface area contributed by atoms with Crippen molar-refractivity contribution in [1.82, 2.24) is 4.98 Å². The highest BCUT2D eigenvalue weighted by molar-refractivity contribution is 7.99. The van der Waals surface area contributed by atoms with Gasteiger partial charge in [0.1, 0.15) is 16.8 Å². The van der Waals surface area contributed by atoms with Gasteiger partial charge in [0.15, 0.2) is 0 Å². The van der Waals surface area contributed by atoms with E-state index in [-0.39, 0.29) is 5.96 Å². The van der Waals surface area contributed by atoms with E-state index >= 15 is 0 Å². The van der Waals surface area contributed by atoms with Crippen LogP contribution < -0.4 is 16.4 Å². The molecule has 1 fully saturated rings. The Kier molecular flexibility index (Phi) is 4.92. The first-order valence-electron chi connectivity index (χ1n) is 9.25. The summed E-state index contributed by atoms with van der Waals surface area (Å²) in [6.07, 6.45) is 6.74. The molecule has 2 heterocycles. The number of rotatable bonds is 3. The minimum Gasteiger partial charge on any atom is -0.369 e. The smallest absolute Gasteiger partial charge is 0.220 e. The number of benzene rings is 1. The Morgan fingerprint density at radius 2 is 1.86 bits per heavy atom. The molecule has 1 saturated carbocycles.